The first kappa shape index (κ1) is 14.1. The summed E-state index contributed by atoms with van der Waals surface area (Å²) in [6.45, 7) is 2.60. The lowest BCUT2D eigenvalue weighted by Gasteiger charge is -2.24. The van der Waals surface area contributed by atoms with Gasteiger partial charge in [0.05, 0.1) is 29.8 Å². The number of nitrogens with zero attached hydrogens (tertiary/aromatic N) is 1. The molecule has 2 atom stereocenters. The van der Waals surface area contributed by atoms with E-state index in [0.717, 1.165) is 17.0 Å². The van der Waals surface area contributed by atoms with Crippen molar-refractivity contribution in [3.8, 4) is 0 Å². The average Bonchev–Trinajstić information content (AvgIpc) is 2.95. The minimum absolute atomic E-state index is 0.00824. The van der Waals surface area contributed by atoms with E-state index in [1.807, 2.05) is 31.2 Å². The predicted octanol–water partition coefficient (Wildman–Crippen LogP) is 1.95. The first-order valence-corrected chi connectivity index (χ1v) is 7.31. The van der Waals surface area contributed by atoms with Crippen LogP contribution in [-0.4, -0.2) is 21.9 Å². The van der Waals surface area contributed by atoms with E-state index in [9.17, 15) is 4.79 Å². The lowest BCUT2D eigenvalue weighted by atomic mass is 10.0. The van der Waals surface area contributed by atoms with Crippen molar-refractivity contribution >= 4 is 17.5 Å². The van der Waals surface area contributed by atoms with Crippen molar-refractivity contribution in [3.05, 3.63) is 52.6 Å². The number of halogens is 1. The summed E-state index contributed by atoms with van der Waals surface area (Å²) in [6.07, 6.45) is 2.28. The van der Waals surface area contributed by atoms with E-state index in [0.29, 0.717) is 18.0 Å². The van der Waals surface area contributed by atoms with Gasteiger partial charge in [0.2, 0.25) is 5.91 Å². The second-order valence-corrected chi connectivity index (χ2v) is 5.68. The molecule has 1 unspecified atom stereocenters. The van der Waals surface area contributed by atoms with Gasteiger partial charge in [0.25, 0.3) is 0 Å². The highest BCUT2D eigenvalue weighted by Crippen LogP contribution is 2.17. The number of H-pyrrole nitrogens is 1. The van der Waals surface area contributed by atoms with Gasteiger partial charge < -0.3 is 10.3 Å². The van der Waals surface area contributed by atoms with Gasteiger partial charge in [-0.25, -0.2) is 4.98 Å². The van der Waals surface area contributed by atoms with Gasteiger partial charge in [-0.1, -0.05) is 23.7 Å². The lowest BCUT2D eigenvalue weighted by molar-refractivity contribution is -0.124. The maximum absolute atomic E-state index is 12.3. The predicted molar refractivity (Wildman–Crippen MR) is 80.9 cm³/mol. The smallest absolute Gasteiger partial charge is 0.238 e. The van der Waals surface area contributed by atoms with Gasteiger partial charge in [0, 0.05) is 18.0 Å². The van der Waals surface area contributed by atoms with Crippen molar-refractivity contribution < 1.29 is 4.79 Å². The third-order valence-electron chi connectivity index (χ3n) is 3.78. The third-order valence-corrected chi connectivity index (χ3v) is 4.03. The van der Waals surface area contributed by atoms with Crippen LogP contribution < -0.4 is 10.6 Å². The molecule has 3 rings (SSSR count). The Kier molecular flexibility index (Phi) is 3.94. The molecule has 6 heteroatoms. The summed E-state index contributed by atoms with van der Waals surface area (Å²) in [6, 6.07) is 7.21. The summed E-state index contributed by atoms with van der Waals surface area (Å²) in [5.41, 5.74) is 3.06. The van der Waals surface area contributed by atoms with E-state index in [1.54, 1.807) is 6.33 Å². The van der Waals surface area contributed by atoms with Crippen molar-refractivity contribution in [2.75, 3.05) is 0 Å². The molecule has 2 aromatic rings. The van der Waals surface area contributed by atoms with Crippen LogP contribution >= 0.6 is 11.6 Å². The highest BCUT2D eigenvalue weighted by Gasteiger charge is 2.26. The standard InChI is InChI=1S/C15H17ClN4O/c1-9(10-2-4-11(16)5-3-10)20-15(21)13-6-12-14(7-17-13)19-8-18-12/h2-5,8-9,13,17H,6-7H2,1H3,(H,18,19)(H,20,21)/t9-,13?/m1/s1. The number of rotatable bonds is 3. The van der Waals surface area contributed by atoms with Gasteiger partial charge in [-0.15, -0.1) is 0 Å². The highest BCUT2D eigenvalue weighted by molar-refractivity contribution is 6.30. The van der Waals surface area contributed by atoms with E-state index in [1.165, 1.54) is 0 Å². The summed E-state index contributed by atoms with van der Waals surface area (Å²) < 4.78 is 0. The summed E-state index contributed by atoms with van der Waals surface area (Å²) in [7, 11) is 0. The molecular weight excluding hydrogens is 288 g/mol. The van der Waals surface area contributed by atoms with Crippen molar-refractivity contribution in [2.24, 2.45) is 0 Å². The minimum Gasteiger partial charge on any atom is -0.348 e. The van der Waals surface area contributed by atoms with Crippen LogP contribution in [0.2, 0.25) is 5.02 Å². The number of nitrogens with one attached hydrogen (secondary N) is 3. The van der Waals surface area contributed by atoms with Gasteiger partial charge in [-0.3, -0.25) is 10.1 Å². The summed E-state index contributed by atoms with van der Waals surface area (Å²) >= 11 is 5.87. The molecule has 1 aliphatic rings. The highest BCUT2D eigenvalue weighted by atomic mass is 35.5. The third kappa shape index (κ3) is 3.09. The van der Waals surface area contributed by atoms with Crippen molar-refractivity contribution in [3.63, 3.8) is 0 Å². The zero-order chi connectivity index (χ0) is 14.8. The normalized spacial score (nSPS) is 18.9. The largest absolute Gasteiger partial charge is 0.348 e. The number of carbonyl (C=O) groups excluding carboxylic acids is 1. The molecule has 0 fully saturated rings. The monoisotopic (exact) mass is 304 g/mol. The van der Waals surface area contributed by atoms with Crippen LogP contribution in [0.1, 0.15) is 29.9 Å². The van der Waals surface area contributed by atoms with E-state index >= 15 is 0 Å². The van der Waals surface area contributed by atoms with E-state index in [2.05, 4.69) is 20.6 Å². The van der Waals surface area contributed by atoms with Gasteiger partial charge in [-0.2, -0.15) is 0 Å². The fraction of sp³-hybridized carbons (Fsp3) is 0.333. The minimum atomic E-state index is -0.240. The van der Waals surface area contributed by atoms with E-state index < -0.39 is 0 Å². The Morgan fingerprint density at radius 2 is 2.19 bits per heavy atom. The van der Waals surface area contributed by atoms with Crippen LogP contribution in [0.25, 0.3) is 0 Å². The second kappa shape index (κ2) is 5.87. The topological polar surface area (TPSA) is 69.8 Å². The maximum atomic E-state index is 12.3. The molecule has 0 bridgehead atoms. The molecule has 5 nitrogen and oxygen atoms in total. The Morgan fingerprint density at radius 3 is 2.95 bits per heavy atom. The SMILES string of the molecule is C[C@@H](NC(=O)C1Cc2nc[nH]c2CN1)c1ccc(Cl)cc1. The maximum Gasteiger partial charge on any atom is 0.238 e. The van der Waals surface area contributed by atoms with Gasteiger partial charge in [0.15, 0.2) is 0 Å². The van der Waals surface area contributed by atoms with Crippen LogP contribution in [0.15, 0.2) is 30.6 Å². The quantitative estimate of drug-likeness (QED) is 0.812. The number of hydrogen-bond acceptors (Lipinski definition) is 3. The van der Waals surface area contributed by atoms with Gasteiger partial charge in [0.1, 0.15) is 0 Å². The van der Waals surface area contributed by atoms with Crippen molar-refractivity contribution in [2.45, 2.75) is 32.0 Å². The molecule has 2 heterocycles. The van der Waals surface area contributed by atoms with E-state index in [-0.39, 0.29) is 18.0 Å². The molecule has 0 saturated heterocycles. The number of aromatic amines is 1. The molecule has 3 N–H and O–H groups in total. The molecule has 21 heavy (non-hydrogen) atoms. The Morgan fingerprint density at radius 1 is 1.43 bits per heavy atom. The molecule has 0 aliphatic carbocycles. The Bertz CT molecular complexity index is 637. The van der Waals surface area contributed by atoms with Crippen molar-refractivity contribution in [1.82, 2.24) is 20.6 Å². The number of imidazole rings is 1. The number of carbonyl (C=O) groups is 1. The zero-order valence-corrected chi connectivity index (χ0v) is 12.4. The summed E-state index contributed by atoms with van der Waals surface area (Å²) in [5, 5.41) is 6.94. The van der Waals surface area contributed by atoms with Crippen molar-refractivity contribution in [1.29, 1.82) is 0 Å². The van der Waals surface area contributed by atoms with Crippen LogP contribution in [0, 0.1) is 0 Å². The first-order chi connectivity index (χ1) is 10.1. The number of hydrogen-bond donors (Lipinski definition) is 3. The first-order valence-electron chi connectivity index (χ1n) is 6.94. The lowest BCUT2D eigenvalue weighted by Crippen LogP contribution is -2.48. The molecular formula is C15H17ClN4O. The molecule has 1 aliphatic heterocycles. The average molecular weight is 305 g/mol. The fourth-order valence-electron chi connectivity index (χ4n) is 2.50. The van der Waals surface area contributed by atoms with Crippen LogP contribution in [0.3, 0.4) is 0 Å². The summed E-state index contributed by atoms with van der Waals surface area (Å²) in [4.78, 5) is 19.7. The van der Waals surface area contributed by atoms with Gasteiger partial charge >= 0.3 is 0 Å². The molecule has 1 amide bonds. The molecule has 0 saturated carbocycles. The Labute approximate surface area is 128 Å². The fourth-order valence-corrected chi connectivity index (χ4v) is 2.63. The number of amides is 1. The molecule has 0 spiro atoms. The zero-order valence-electron chi connectivity index (χ0n) is 11.7. The molecule has 1 aromatic heterocycles. The number of fused-ring (bicyclic) bond motifs is 1. The van der Waals surface area contributed by atoms with E-state index in [4.69, 9.17) is 11.6 Å². The summed E-state index contributed by atoms with van der Waals surface area (Å²) in [5.74, 6) is -0.00824. The Balaban J connectivity index is 1.63. The van der Waals surface area contributed by atoms with Crippen LogP contribution in [0.5, 0.6) is 0 Å². The van der Waals surface area contributed by atoms with Crippen LogP contribution in [0.4, 0.5) is 0 Å². The number of benzene rings is 1. The van der Waals surface area contributed by atoms with Gasteiger partial charge in [-0.05, 0) is 24.6 Å². The molecule has 0 radical (unpaired) electrons. The molecule has 110 valence electrons. The van der Waals surface area contributed by atoms with Crippen LogP contribution in [-0.2, 0) is 17.8 Å². The molecule has 1 aromatic carbocycles. The Hall–Kier alpha value is -1.85. The number of aromatic nitrogens is 2. The second-order valence-electron chi connectivity index (χ2n) is 5.25.